The quantitative estimate of drug-likeness (QED) is 0.739. The molecule has 0 spiro atoms. The highest BCUT2D eigenvalue weighted by Crippen LogP contribution is 2.20. The third-order valence-corrected chi connectivity index (χ3v) is 2.90. The van der Waals surface area contributed by atoms with Gasteiger partial charge in [-0.1, -0.05) is 30.0 Å². The number of hydrogen-bond acceptors (Lipinski definition) is 3. The lowest BCUT2D eigenvalue weighted by Crippen LogP contribution is -2.13. The normalized spacial score (nSPS) is 9.62. The summed E-state index contributed by atoms with van der Waals surface area (Å²) >= 11 is 0. The van der Waals surface area contributed by atoms with Gasteiger partial charge in [0.05, 0.1) is 17.8 Å². The number of hydrogen-bond donors (Lipinski definition) is 3. The molecule has 4 nitrogen and oxygen atoms in total. The molecule has 0 aliphatic rings. The molecule has 0 heterocycles. The highest BCUT2D eigenvalue weighted by atomic mass is 16.3. The second-order valence-electron chi connectivity index (χ2n) is 4.53. The molecule has 0 unspecified atom stereocenters. The molecule has 0 saturated heterocycles. The minimum Gasteiger partial charge on any atom is -0.507 e. The second-order valence-corrected chi connectivity index (χ2v) is 4.53. The average molecular weight is 280 g/mol. The molecule has 0 fully saturated rings. The Morgan fingerprint density at radius 1 is 1.29 bits per heavy atom. The number of aryl methyl sites for hydroxylation is 1. The molecule has 21 heavy (non-hydrogen) atoms. The predicted molar refractivity (Wildman–Crippen MR) is 83.2 cm³/mol. The zero-order chi connectivity index (χ0) is 15.2. The molecule has 0 aliphatic heterocycles. The van der Waals surface area contributed by atoms with Gasteiger partial charge >= 0.3 is 0 Å². The van der Waals surface area contributed by atoms with Crippen molar-refractivity contribution in [2.45, 2.75) is 6.92 Å². The van der Waals surface area contributed by atoms with Crippen molar-refractivity contribution >= 4 is 11.6 Å². The zero-order valence-corrected chi connectivity index (χ0v) is 11.7. The van der Waals surface area contributed by atoms with E-state index in [0.29, 0.717) is 11.3 Å². The molecule has 0 aromatic heterocycles. The van der Waals surface area contributed by atoms with Crippen molar-refractivity contribution in [1.82, 2.24) is 0 Å². The summed E-state index contributed by atoms with van der Waals surface area (Å²) in [7, 11) is 0. The van der Waals surface area contributed by atoms with Gasteiger partial charge in [-0.05, 0) is 36.8 Å². The number of carbonyl (C=O) groups is 1. The van der Waals surface area contributed by atoms with Crippen molar-refractivity contribution in [3.63, 3.8) is 0 Å². The maximum Gasteiger partial charge on any atom is 0.259 e. The lowest BCUT2D eigenvalue weighted by atomic mass is 10.1. The number of phenols is 1. The van der Waals surface area contributed by atoms with E-state index in [1.165, 1.54) is 6.07 Å². The van der Waals surface area contributed by atoms with Gasteiger partial charge in [0.2, 0.25) is 0 Å². The van der Waals surface area contributed by atoms with Crippen LogP contribution in [0.3, 0.4) is 0 Å². The Balaban J connectivity index is 2.31. The van der Waals surface area contributed by atoms with E-state index >= 15 is 0 Å². The van der Waals surface area contributed by atoms with Crippen LogP contribution < -0.4 is 11.1 Å². The minimum atomic E-state index is -0.382. The van der Waals surface area contributed by atoms with Crippen molar-refractivity contribution in [2.75, 3.05) is 11.9 Å². The van der Waals surface area contributed by atoms with Crippen LogP contribution in [-0.4, -0.2) is 17.6 Å². The van der Waals surface area contributed by atoms with Gasteiger partial charge in [-0.2, -0.15) is 0 Å². The highest BCUT2D eigenvalue weighted by Gasteiger charge is 2.12. The smallest absolute Gasteiger partial charge is 0.259 e. The van der Waals surface area contributed by atoms with Crippen LogP contribution in [0.4, 0.5) is 5.69 Å². The average Bonchev–Trinajstić information content (AvgIpc) is 2.47. The molecule has 2 aromatic rings. The van der Waals surface area contributed by atoms with Gasteiger partial charge in [0.25, 0.3) is 5.91 Å². The number of aromatic hydroxyl groups is 1. The van der Waals surface area contributed by atoms with E-state index in [2.05, 4.69) is 17.2 Å². The molecule has 0 radical (unpaired) electrons. The van der Waals surface area contributed by atoms with Gasteiger partial charge in [0.15, 0.2) is 0 Å². The van der Waals surface area contributed by atoms with Crippen LogP contribution in [-0.2, 0) is 0 Å². The van der Waals surface area contributed by atoms with Crippen LogP contribution in [0.15, 0.2) is 42.5 Å². The number of phenolic OH excluding ortho intramolecular Hbond substituents is 1. The molecule has 2 aromatic carbocycles. The first-order chi connectivity index (χ1) is 10.1. The van der Waals surface area contributed by atoms with Crippen molar-refractivity contribution in [2.24, 2.45) is 5.73 Å². The second kappa shape index (κ2) is 6.60. The van der Waals surface area contributed by atoms with Crippen LogP contribution in [0.2, 0.25) is 0 Å². The number of anilines is 1. The summed E-state index contributed by atoms with van der Waals surface area (Å²) in [5.74, 6) is 5.27. The number of nitrogens with two attached hydrogens (primary N) is 1. The van der Waals surface area contributed by atoms with Gasteiger partial charge in [-0.15, -0.1) is 0 Å². The fourth-order valence-corrected chi connectivity index (χ4v) is 1.87. The first-order valence-corrected chi connectivity index (χ1v) is 6.50. The number of benzene rings is 2. The summed E-state index contributed by atoms with van der Waals surface area (Å²) in [5.41, 5.74) is 7.93. The van der Waals surface area contributed by atoms with Crippen molar-refractivity contribution in [3.05, 3.63) is 59.2 Å². The van der Waals surface area contributed by atoms with E-state index < -0.39 is 0 Å². The van der Waals surface area contributed by atoms with Crippen molar-refractivity contribution < 1.29 is 9.90 Å². The molecule has 4 heteroatoms. The Kier molecular flexibility index (Phi) is 4.60. The Bertz CT molecular complexity index is 727. The number of nitrogens with one attached hydrogen (secondary N) is 1. The minimum absolute atomic E-state index is 0.0586. The monoisotopic (exact) mass is 280 g/mol. The number of carbonyl (C=O) groups excluding carboxylic acids is 1. The van der Waals surface area contributed by atoms with Gasteiger partial charge in [-0.25, -0.2) is 0 Å². The Hall–Kier alpha value is -2.77. The Morgan fingerprint density at radius 2 is 2.05 bits per heavy atom. The van der Waals surface area contributed by atoms with E-state index in [4.69, 9.17) is 5.73 Å². The van der Waals surface area contributed by atoms with Crippen LogP contribution >= 0.6 is 0 Å². The van der Waals surface area contributed by atoms with E-state index in [0.717, 1.165) is 5.56 Å². The highest BCUT2D eigenvalue weighted by molar-refractivity contribution is 6.06. The maximum atomic E-state index is 12.2. The summed E-state index contributed by atoms with van der Waals surface area (Å²) in [6.07, 6.45) is 0. The number of rotatable bonds is 2. The standard InChI is InChI=1S/C17H16N2O2/c1-12-8-9-15(13(11-12)5-4-10-18)19-17(21)14-6-2-3-7-16(14)20/h2-3,6-9,11,20H,10,18H2,1H3,(H,19,21). The zero-order valence-electron chi connectivity index (χ0n) is 11.7. The Morgan fingerprint density at radius 3 is 2.76 bits per heavy atom. The van der Waals surface area contributed by atoms with Gasteiger partial charge < -0.3 is 16.2 Å². The molecule has 2 rings (SSSR count). The van der Waals surface area contributed by atoms with Gasteiger partial charge in [0, 0.05) is 5.56 Å². The van der Waals surface area contributed by atoms with Crippen molar-refractivity contribution in [3.8, 4) is 17.6 Å². The summed E-state index contributed by atoms with van der Waals surface area (Å²) in [6.45, 7) is 2.20. The summed E-state index contributed by atoms with van der Waals surface area (Å²) in [5, 5.41) is 12.5. The first kappa shape index (κ1) is 14.6. The molecule has 0 saturated carbocycles. The van der Waals surface area contributed by atoms with Crippen LogP contribution in [0.25, 0.3) is 0 Å². The van der Waals surface area contributed by atoms with Crippen LogP contribution in [0, 0.1) is 18.8 Å². The molecule has 1 amide bonds. The molecule has 0 aliphatic carbocycles. The fourth-order valence-electron chi connectivity index (χ4n) is 1.87. The van der Waals surface area contributed by atoms with Crippen molar-refractivity contribution in [1.29, 1.82) is 0 Å². The molecule has 106 valence electrons. The number of para-hydroxylation sites is 1. The summed E-state index contributed by atoms with van der Waals surface area (Å²) in [4.78, 5) is 12.2. The summed E-state index contributed by atoms with van der Waals surface area (Å²) < 4.78 is 0. The van der Waals surface area contributed by atoms with Crippen LogP contribution in [0.1, 0.15) is 21.5 Å². The number of amides is 1. The third-order valence-electron chi connectivity index (χ3n) is 2.90. The lowest BCUT2D eigenvalue weighted by Gasteiger charge is -2.09. The topological polar surface area (TPSA) is 75.3 Å². The predicted octanol–water partition coefficient (Wildman–Crippen LogP) is 2.26. The van der Waals surface area contributed by atoms with Gasteiger partial charge in [-0.3, -0.25) is 4.79 Å². The molecular weight excluding hydrogens is 264 g/mol. The molecular formula is C17H16N2O2. The lowest BCUT2D eigenvalue weighted by molar-refractivity contribution is 0.102. The summed E-state index contributed by atoms with van der Waals surface area (Å²) in [6, 6.07) is 11.9. The Labute approximate surface area is 123 Å². The largest absolute Gasteiger partial charge is 0.507 e. The molecule has 0 bridgehead atoms. The first-order valence-electron chi connectivity index (χ1n) is 6.50. The SMILES string of the molecule is Cc1ccc(NC(=O)c2ccccc2O)c(C#CCN)c1. The fraction of sp³-hybridized carbons (Fsp3) is 0.118. The third kappa shape index (κ3) is 3.62. The molecule has 0 atom stereocenters. The molecule has 4 N–H and O–H groups in total. The van der Waals surface area contributed by atoms with E-state index in [9.17, 15) is 9.90 Å². The van der Waals surface area contributed by atoms with Gasteiger partial charge in [0.1, 0.15) is 5.75 Å². The maximum absolute atomic E-state index is 12.2. The van der Waals surface area contributed by atoms with E-state index in [1.54, 1.807) is 24.3 Å². The van der Waals surface area contributed by atoms with E-state index in [1.807, 2.05) is 19.1 Å². The van der Waals surface area contributed by atoms with Crippen LogP contribution in [0.5, 0.6) is 5.75 Å². The van der Waals surface area contributed by atoms with E-state index in [-0.39, 0.29) is 23.8 Å².